The lowest BCUT2D eigenvalue weighted by Crippen LogP contribution is -2.46. The lowest BCUT2D eigenvalue weighted by Gasteiger charge is -2.33. The molecule has 1 aliphatic heterocycles. The van der Waals surface area contributed by atoms with Crippen LogP contribution in [0.15, 0.2) is 59.3 Å². The van der Waals surface area contributed by atoms with Gasteiger partial charge < -0.3 is 24.4 Å². The highest BCUT2D eigenvalue weighted by atomic mass is 16.5. The van der Waals surface area contributed by atoms with E-state index in [2.05, 4.69) is 15.5 Å². The first kappa shape index (κ1) is 21.0. The molecule has 162 valence electrons. The summed E-state index contributed by atoms with van der Waals surface area (Å²) in [4.78, 5) is 16.6. The van der Waals surface area contributed by atoms with Gasteiger partial charge in [0.25, 0.3) is 5.91 Å². The topological polar surface area (TPSA) is 107 Å². The van der Waals surface area contributed by atoms with Crippen molar-refractivity contribution in [2.75, 3.05) is 13.7 Å². The molecule has 2 aromatic heterocycles. The summed E-state index contributed by atoms with van der Waals surface area (Å²) in [5.41, 5.74) is 2.01. The molecule has 1 saturated heterocycles. The van der Waals surface area contributed by atoms with E-state index in [1.165, 1.54) is 0 Å². The highest BCUT2D eigenvalue weighted by Gasteiger charge is 2.31. The van der Waals surface area contributed by atoms with Crippen molar-refractivity contribution in [2.24, 2.45) is 0 Å². The van der Waals surface area contributed by atoms with Crippen molar-refractivity contribution < 1.29 is 23.9 Å². The van der Waals surface area contributed by atoms with Crippen molar-refractivity contribution in [3.05, 3.63) is 66.0 Å². The van der Waals surface area contributed by atoms with Gasteiger partial charge in [0.1, 0.15) is 17.5 Å². The fourth-order valence-electron chi connectivity index (χ4n) is 3.59. The number of methoxy groups -OCH3 is 1. The Morgan fingerprint density at radius 1 is 1.23 bits per heavy atom. The molecule has 0 radical (unpaired) electrons. The summed E-state index contributed by atoms with van der Waals surface area (Å²) in [6.45, 7) is 0.223. The van der Waals surface area contributed by atoms with Gasteiger partial charge in [-0.1, -0.05) is 11.2 Å². The number of amides is 1. The highest BCUT2D eigenvalue weighted by Crippen LogP contribution is 2.24. The van der Waals surface area contributed by atoms with Crippen molar-refractivity contribution in [1.29, 1.82) is 0 Å². The first-order chi connectivity index (χ1) is 15.1. The third-order valence-corrected chi connectivity index (χ3v) is 5.31. The molecule has 4 rings (SSSR count). The molecule has 1 aromatic carbocycles. The Kier molecular flexibility index (Phi) is 6.59. The maximum Gasteiger partial charge on any atom is 0.251 e. The third-order valence-electron chi connectivity index (χ3n) is 5.31. The van der Waals surface area contributed by atoms with E-state index in [4.69, 9.17) is 14.0 Å². The van der Waals surface area contributed by atoms with Crippen LogP contribution < -0.4 is 10.1 Å². The summed E-state index contributed by atoms with van der Waals surface area (Å²) < 4.78 is 16.6. The lowest BCUT2D eigenvalue weighted by molar-refractivity contribution is -0.114. The molecular weight excluding hydrogens is 398 g/mol. The first-order valence-corrected chi connectivity index (χ1v) is 10.2. The standard InChI is InChI=1S/C23H25N3O5/c1-29-17-7-5-15(6-8-17)23(28)25-14-22-20(27)10-9-18(30-22)12-16-13-21(31-26-16)19-4-2-3-11-24-19/h2-8,11,13,18,20,22,27H,9-10,12,14H2,1H3,(H,25,28). The fraction of sp³-hybridized carbons (Fsp3) is 0.348. The summed E-state index contributed by atoms with van der Waals surface area (Å²) in [5.74, 6) is 1.07. The van der Waals surface area contributed by atoms with Gasteiger partial charge in [-0.25, -0.2) is 0 Å². The van der Waals surface area contributed by atoms with Crippen LogP contribution >= 0.6 is 0 Å². The van der Waals surface area contributed by atoms with Crippen LogP contribution in [0.4, 0.5) is 0 Å². The molecule has 31 heavy (non-hydrogen) atoms. The van der Waals surface area contributed by atoms with Crippen LogP contribution in [0, 0.1) is 0 Å². The second-order valence-corrected chi connectivity index (χ2v) is 7.48. The number of aliphatic hydroxyl groups excluding tert-OH is 1. The minimum atomic E-state index is -0.631. The van der Waals surface area contributed by atoms with E-state index < -0.39 is 12.2 Å². The molecule has 3 heterocycles. The molecule has 3 unspecified atom stereocenters. The van der Waals surface area contributed by atoms with Gasteiger partial charge in [0, 0.05) is 30.8 Å². The number of nitrogens with zero attached hydrogens (tertiary/aromatic N) is 2. The normalized spacial score (nSPS) is 20.9. The number of hydrogen-bond acceptors (Lipinski definition) is 7. The summed E-state index contributed by atoms with van der Waals surface area (Å²) >= 11 is 0. The van der Waals surface area contributed by atoms with Crippen LogP contribution in [0.25, 0.3) is 11.5 Å². The maximum atomic E-state index is 12.4. The summed E-state index contributed by atoms with van der Waals surface area (Å²) in [6.07, 6.45) is 2.33. The fourth-order valence-corrected chi connectivity index (χ4v) is 3.59. The van der Waals surface area contributed by atoms with E-state index in [9.17, 15) is 9.90 Å². The van der Waals surface area contributed by atoms with Crippen LogP contribution in [-0.4, -0.2) is 53.1 Å². The van der Waals surface area contributed by atoms with Gasteiger partial charge in [0.2, 0.25) is 0 Å². The van der Waals surface area contributed by atoms with Gasteiger partial charge in [0.05, 0.1) is 25.0 Å². The minimum Gasteiger partial charge on any atom is -0.497 e. The van der Waals surface area contributed by atoms with E-state index in [1.54, 1.807) is 37.6 Å². The lowest BCUT2D eigenvalue weighted by atomic mass is 9.98. The van der Waals surface area contributed by atoms with Gasteiger partial charge in [-0.15, -0.1) is 0 Å². The van der Waals surface area contributed by atoms with Crippen molar-refractivity contribution in [1.82, 2.24) is 15.5 Å². The number of nitrogens with one attached hydrogen (secondary N) is 1. The maximum absolute atomic E-state index is 12.4. The van der Waals surface area contributed by atoms with E-state index in [1.807, 2.05) is 24.3 Å². The van der Waals surface area contributed by atoms with E-state index in [0.29, 0.717) is 36.3 Å². The average molecular weight is 423 g/mol. The average Bonchev–Trinajstić information content (AvgIpc) is 3.28. The number of ether oxygens (including phenoxy) is 2. The van der Waals surface area contributed by atoms with Gasteiger partial charge in [0.15, 0.2) is 5.76 Å². The second-order valence-electron chi connectivity index (χ2n) is 7.48. The predicted molar refractivity (Wildman–Crippen MR) is 113 cm³/mol. The zero-order chi connectivity index (χ0) is 21.6. The SMILES string of the molecule is COc1ccc(C(=O)NCC2OC(Cc3cc(-c4ccccn4)on3)CCC2O)cc1. The Morgan fingerprint density at radius 2 is 2.06 bits per heavy atom. The monoisotopic (exact) mass is 423 g/mol. The Morgan fingerprint density at radius 3 is 2.81 bits per heavy atom. The van der Waals surface area contributed by atoms with Crippen molar-refractivity contribution in [3.8, 4) is 17.2 Å². The van der Waals surface area contributed by atoms with Crippen molar-refractivity contribution >= 4 is 5.91 Å². The van der Waals surface area contributed by atoms with Crippen LogP contribution in [0.2, 0.25) is 0 Å². The van der Waals surface area contributed by atoms with Crippen LogP contribution in [0.1, 0.15) is 28.9 Å². The second kappa shape index (κ2) is 9.72. The quantitative estimate of drug-likeness (QED) is 0.602. The third kappa shape index (κ3) is 5.28. The van der Waals surface area contributed by atoms with Crippen LogP contribution in [0.5, 0.6) is 5.75 Å². The van der Waals surface area contributed by atoms with E-state index >= 15 is 0 Å². The van der Waals surface area contributed by atoms with Gasteiger partial charge in [-0.2, -0.15) is 0 Å². The number of pyridine rings is 1. The molecule has 3 aromatic rings. The molecular formula is C23H25N3O5. The largest absolute Gasteiger partial charge is 0.497 e. The van der Waals surface area contributed by atoms with Crippen molar-refractivity contribution in [3.63, 3.8) is 0 Å². The molecule has 0 saturated carbocycles. The van der Waals surface area contributed by atoms with Crippen LogP contribution in [-0.2, 0) is 11.2 Å². The Hall–Kier alpha value is -3.23. The zero-order valence-electron chi connectivity index (χ0n) is 17.2. The molecule has 2 N–H and O–H groups in total. The molecule has 1 amide bonds. The number of rotatable bonds is 7. The number of aromatic nitrogens is 2. The molecule has 8 heteroatoms. The van der Waals surface area contributed by atoms with Gasteiger partial charge >= 0.3 is 0 Å². The van der Waals surface area contributed by atoms with E-state index in [-0.39, 0.29) is 18.6 Å². The predicted octanol–water partition coefficient (Wildman–Crippen LogP) is 2.63. The van der Waals surface area contributed by atoms with E-state index in [0.717, 1.165) is 11.4 Å². The smallest absolute Gasteiger partial charge is 0.251 e. The number of aliphatic hydroxyl groups is 1. The van der Waals surface area contributed by atoms with Gasteiger partial charge in [-0.3, -0.25) is 9.78 Å². The Bertz CT molecular complexity index is 990. The number of carbonyl (C=O) groups is 1. The Balaban J connectivity index is 1.32. The molecule has 0 aliphatic carbocycles. The number of benzene rings is 1. The molecule has 0 bridgehead atoms. The number of carbonyl (C=O) groups excluding carboxylic acids is 1. The molecule has 1 aliphatic rings. The molecule has 1 fully saturated rings. The summed E-state index contributed by atoms with van der Waals surface area (Å²) in [6, 6.07) is 14.3. The number of hydrogen-bond donors (Lipinski definition) is 2. The summed E-state index contributed by atoms with van der Waals surface area (Å²) in [5, 5.41) is 17.3. The summed E-state index contributed by atoms with van der Waals surface area (Å²) in [7, 11) is 1.58. The molecule has 3 atom stereocenters. The van der Waals surface area contributed by atoms with Gasteiger partial charge in [-0.05, 0) is 49.2 Å². The first-order valence-electron chi connectivity index (χ1n) is 10.2. The Labute approximate surface area is 180 Å². The zero-order valence-corrected chi connectivity index (χ0v) is 17.2. The minimum absolute atomic E-state index is 0.118. The highest BCUT2D eigenvalue weighted by molar-refractivity contribution is 5.94. The molecule has 8 nitrogen and oxygen atoms in total. The van der Waals surface area contributed by atoms with Crippen LogP contribution in [0.3, 0.4) is 0 Å². The molecule has 0 spiro atoms. The van der Waals surface area contributed by atoms with Crippen molar-refractivity contribution in [2.45, 2.75) is 37.6 Å².